The summed E-state index contributed by atoms with van der Waals surface area (Å²) in [6.07, 6.45) is -4.04. The molecule has 0 spiro atoms. The second-order valence-electron chi connectivity index (χ2n) is 4.35. The van der Waals surface area contributed by atoms with Crippen molar-refractivity contribution < 1.29 is 27.2 Å². The lowest BCUT2D eigenvalue weighted by Crippen LogP contribution is -2.09. The molecule has 0 bridgehead atoms. The van der Waals surface area contributed by atoms with Crippen LogP contribution >= 0.6 is 35.8 Å². The summed E-state index contributed by atoms with van der Waals surface area (Å²) in [5.41, 5.74) is -0.0569. The van der Waals surface area contributed by atoms with Crippen molar-refractivity contribution in [2.24, 2.45) is 0 Å². The van der Waals surface area contributed by atoms with Gasteiger partial charge in [0.2, 0.25) is 5.95 Å². The van der Waals surface area contributed by atoms with Crippen LogP contribution in [-0.4, -0.2) is 14.9 Å². The number of halogens is 5. The Morgan fingerprint density at radius 1 is 1.42 bits per heavy atom. The number of rotatable bonds is 5. The predicted molar refractivity (Wildman–Crippen MR) is 84.1 cm³/mol. The maximum Gasteiger partial charge on any atom is 0.695 e. The molecule has 0 radical (unpaired) electrons. The van der Waals surface area contributed by atoms with Crippen LogP contribution in [0, 0.1) is 0 Å². The van der Waals surface area contributed by atoms with Crippen LogP contribution in [0.4, 0.5) is 24.8 Å². The summed E-state index contributed by atoms with van der Waals surface area (Å²) in [5.74, 6) is -0.115. The summed E-state index contributed by atoms with van der Waals surface area (Å²) in [6, 6.07) is 4.77. The second-order valence-corrected chi connectivity index (χ2v) is 6.29. The first-order valence-electron chi connectivity index (χ1n) is 6.11. The Bertz CT molecular complexity index is 779. The number of anilines is 2. The van der Waals surface area contributed by atoms with E-state index in [2.05, 4.69) is 35.7 Å². The fourth-order valence-electron chi connectivity index (χ4n) is 1.61. The van der Waals surface area contributed by atoms with E-state index in [1.54, 1.807) is 18.2 Å². The fraction of sp³-hybridized carbons (Fsp3) is 0.167. The molecule has 2 N–H and O–H groups in total. The third-order valence-electron chi connectivity index (χ3n) is 2.67. The first kappa shape index (κ1) is 19.0. The molecule has 12 heteroatoms. The second kappa shape index (κ2) is 7.71. The lowest BCUT2D eigenvalue weighted by molar-refractivity contribution is -0.137. The van der Waals surface area contributed by atoms with Gasteiger partial charge in [0.25, 0.3) is 0 Å². The maximum atomic E-state index is 12.6. The van der Waals surface area contributed by atoms with Crippen LogP contribution in [0.25, 0.3) is 0 Å². The molecule has 0 saturated heterocycles. The third-order valence-corrected chi connectivity index (χ3v) is 3.96. The van der Waals surface area contributed by atoms with Gasteiger partial charge in [-0.2, -0.15) is 13.2 Å². The van der Waals surface area contributed by atoms with Crippen LogP contribution < -0.4 is 5.32 Å². The van der Waals surface area contributed by atoms with Gasteiger partial charge in [0.1, 0.15) is 17.3 Å². The molecule has 0 aliphatic carbocycles. The monoisotopic (exact) mass is 444 g/mol. The van der Waals surface area contributed by atoms with Crippen molar-refractivity contribution >= 4 is 47.4 Å². The van der Waals surface area contributed by atoms with Gasteiger partial charge in [-0.05, 0) is 33.6 Å². The predicted octanol–water partition coefficient (Wildman–Crippen LogP) is 4.82. The molecule has 0 amide bonds. The minimum atomic E-state index is -4.63. The van der Waals surface area contributed by atoms with Gasteiger partial charge < -0.3 is 5.32 Å². The number of alkyl halides is 3. The third kappa shape index (κ3) is 5.09. The van der Waals surface area contributed by atoms with Gasteiger partial charge in [-0.1, -0.05) is 17.7 Å². The molecule has 0 fully saturated rings. The van der Waals surface area contributed by atoms with Crippen LogP contribution in [0.1, 0.15) is 11.1 Å². The quantitative estimate of drug-likeness (QED) is 0.507. The van der Waals surface area contributed by atoms with Crippen molar-refractivity contribution in [2.45, 2.75) is 12.8 Å². The van der Waals surface area contributed by atoms with Crippen LogP contribution in [0.15, 0.2) is 28.9 Å². The lowest BCUT2D eigenvalue weighted by atomic mass is 10.2. The van der Waals surface area contributed by atoms with Gasteiger partial charge in [-0.3, -0.25) is 0 Å². The summed E-state index contributed by atoms with van der Waals surface area (Å²) in [6.45, 7) is -0.0762. The number of benzene rings is 1. The van der Waals surface area contributed by atoms with Gasteiger partial charge in [0, 0.05) is 15.2 Å². The number of hydrogen-bond donors (Lipinski definition) is 2. The Kier molecular flexibility index (Phi) is 6.11. The zero-order valence-electron chi connectivity index (χ0n) is 11.5. The molecule has 1 heterocycles. The molecule has 24 heavy (non-hydrogen) atoms. The van der Waals surface area contributed by atoms with Crippen molar-refractivity contribution in [2.75, 3.05) is 5.32 Å². The van der Waals surface area contributed by atoms with E-state index in [0.29, 0.717) is 21.9 Å². The Balaban J connectivity index is 2.16. The van der Waals surface area contributed by atoms with Crippen LogP contribution in [-0.2, 0) is 21.9 Å². The fourth-order valence-corrected chi connectivity index (χ4v) is 2.63. The molecule has 1 atom stereocenters. The molecular formula is C12H8BrClF3N3O3P+. The smallest absolute Gasteiger partial charge is 0.323 e. The molecule has 1 aromatic carbocycles. The van der Waals surface area contributed by atoms with Gasteiger partial charge >= 0.3 is 14.4 Å². The standard InChI is InChI=1S/C12H7BrClF3N3O3P/c13-8-3-6(5-23-24(21)22)1-2-9(8)19-11-18-4-7(10(14)20-11)12(15,16)17/h1-4H,5H2,(H-,18,19,20,21,22)/p+1. The van der Waals surface area contributed by atoms with Crippen molar-refractivity contribution in [1.82, 2.24) is 9.97 Å². The van der Waals surface area contributed by atoms with Crippen LogP contribution in [0.5, 0.6) is 0 Å². The highest BCUT2D eigenvalue weighted by Gasteiger charge is 2.34. The maximum absolute atomic E-state index is 12.6. The highest BCUT2D eigenvalue weighted by molar-refractivity contribution is 9.10. The molecule has 0 aliphatic heterocycles. The minimum absolute atomic E-state index is 0.0762. The average Bonchev–Trinajstić information content (AvgIpc) is 2.46. The van der Waals surface area contributed by atoms with Crippen molar-refractivity contribution in [3.8, 4) is 0 Å². The lowest BCUT2D eigenvalue weighted by Gasteiger charge is -2.11. The van der Waals surface area contributed by atoms with E-state index in [4.69, 9.17) is 16.5 Å². The summed E-state index contributed by atoms with van der Waals surface area (Å²) < 4.78 is 53.4. The first-order valence-corrected chi connectivity index (χ1v) is 8.41. The molecule has 0 aliphatic rings. The first-order chi connectivity index (χ1) is 11.2. The van der Waals surface area contributed by atoms with Gasteiger partial charge in [-0.25, -0.2) is 9.97 Å². The Morgan fingerprint density at radius 3 is 2.67 bits per heavy atom. The molecule has 128 valence electrons. The molecule has 1 unspecified atom stereocenters. The van der Waals surface area contributed by atoms with Gasteiger partial charge in [-0.15, -0.1) is 9.42 Å². The van der Waals surface area contributed by atoms with E-state index in [1.165, 1.54) is 0 Å². The largest absolute Gasteiger partial charge is 0.695 e. The van der Waals surface area contributed by atoms with Gasteiger partial charge in [0.05, 0.1) is 5.69 Å². The SMILES string of the molecule is O=[P+](O)OCc1ccc(Nc2ncc(C(F)(F)F)c(Cl)n2)c(Br)c1. The van der Waals surface area contributed by atoms with Crippen molar-refractivity contribution in [3.63, 3.8) is 0 Å². The highest BCUT2D eigenvalue weighted by atomic mass is 79.9. The van der Waals surface area contributed by atoms with Crippen molar-refractivity contribution in [1.29, 1.82) is 0 Å². The Morgan fingerprint density at radius 2 is 2.12 bits per heavy atom. The zero-order chi connectivity index (χ0) is 17.9. The summed E-state index contributed by atoms with van der Waals surface area (Å²) in [7, 11) is -2.71. The van der Waals surface area contributed by atoms with E-state index < -0.39 is 25.1 Å². The van der Waals surface area contributed by atoms with E-state index in [-0.39, 0.29) is 12.6 Å². The zero-order valence-corrected chi connectivity index (χ0v) is 14.7. The normalized spacial score (nSPS) is 12.2. The number of nitrogens with one attached hydrogen (secondary N) is 1. The van der Waals surface area contributed by atoms with E-state index in [9.17, 15) is 17.7 Å². The number of aromatic nitrogens is 2. The highest BCUT2D eigenvalue weighted by Crippen LogP contribution is 2.34. The molecule has 6 nitrogen and oxygen atoms in total. The molecule has 2 aromatic rings. The van der Waals surface area contributed by atoms with Gasteiger partial charge in [0.15, 0.2) is 0 Å². The summed E-state index contributed by atoms with van der Waals surface area (Å²) >= 11 is 8.78. The van der Waals surface area contributed by atoms with Crippen molar-refractivity contribution in [3.05, 3.63) is 45.1 Å². The average molecular weight is 446 g/mol. The molecular weight excluding hydrogens is 437 g/mol. The number of nitrogens with zero attached hydrogens (tertiary/aromatic N) is 2. The summed E-state index contributed by atoms with van der Waals surface area (Å²) in [5, 5.41) is 2.00. The van der Waals surface area contributed by atoms with E-state index >= 15 is 0 Å². The van der Waals surface area contributed by atoms with Crippen LogP contribution in [0.3, 0.4) is 0 Å². The Hall–Kier alpha value is -1.32. The topological polar surface area (TPSA) is 84.3 Å². The molecule has 1 aromatic heterocycles. The number of hydrogen-bond acceptors (Lipinski definition) is 5. The summed E-state index contributed by atoms with van der Waals surface area (Å²) in [4.78, 5) is 15.7. The minimum Gasteiger partial charge on any atom is -0.323 e. The van der Waals surface area contributed by atoms with Crippen LogP contribution in [0.2, 0.25) is 5.15 Å². The molecule has 0 saturated carbocycles. The molecule has 2 rings (SSSR count). The Labute approximate surface area is 148 Å². The van der Waals surface area contributed by atoms with E-state index in [0.717, 1.165) is 0 Å². The van der Waals surface area contributed by atoms with E-state index in [1.807, 2.05) is 0 Å².